The maximum Gasteiger partial charge on any atom is 1.00 e. The molecule has 5 nitrogen and oxygen atoms in total. The summed E-state index contributed by atoms with van der Waals surface area (Å²) in [6.07, 6.45) is 8.52. The molecular weight excluding hydrogens is 403 g/mol. The molecule has 0 aromatic heterocycles. The zero-order valence-corrected chi connectivity index (χ0v) is 20.6. The largest absolute Gasteiger partial charge is 1.00 e. The first-order valence-electron chi connectivity index (χ1n) is 9.45. The second-order valence-corrected chi connectivity index (χ2v) is 8.08. The van der Waals surface area contributed by atoms with Crippen molar-refractivity contribution in [2.75, 3.05) is 0 Å². The van der Waals surface area contributed by atoms with Crippen LogP contribution < -0.4 is 61.2 Å². The number of ether oxygens (including phenoxy) is 1. The van der Waals surface area contributed by atoms with Crippen molar-refractivity contribution in [3.8, 4) is 17.2 Å². The standard InChI is InChI=1S/C21H28O5S.K/c1-2-3-4-5-6-7-8-10-17-13-14-20(16-21(17)27(23,24)25)26-19-12-9-11-18(22)15-19;/h9,11-16,22H,2-8,10H2,1H3,(H,23,24,25);/q;+1/p-1. The maximum atomic E-state index is 11.8. The average molecular weight is 431 g/mol. The van der Waals surface area contributed by atoms with Gasteiger partial charge in [0.05, 0.1) is 0 Å². The van der Waals surface area contributed by atoms with Crippen LogP contribution in [0.3, 0.4) is 0 Å². The molecule has 2 aromatic rings. The molecule has 28 heavy (non-hydrogen) atoms. The monoisotopic (exact) mass is 430 g/mol. The summed E-state index contributed by atoms with van der Waals surface area (Å²) in [4.78, 5) is -0.135. The Morgan fingerprint density at radius 1 is 0.929 bits per heavy atom. The van der Waals surface area contributed by atoms with Crippen LogP contribution >= 0.6 is 0 Å². The SMILES string of the molecule is CCCCCCCCCc1ccc(Oc2cccc([O-])c2)cc1S(=O)(=O)O.[K+]. The van der Waals surface area contributed by atoms with Crippen LogP contribution in [0.4, 0.5) is 0 Å². The van der Waals surface area contributed by atoms with E-state index in [-0.39, 0.29) is 67.8 Å². The maximum absolute atomic E-state index is 11.8. The van der Waals surface area contributed by atoms with E-state index in [9.17, 15) is 18.1 Å². The minimum Gasteiger partial charge on any atom is -0.872 e. The van der Waals surface area contributed by atoms with Gasteiger partial charge in [0.15, 0.2) is 0 Å². The fraction of sp³-hybridized carbons (Fsp3) is 0.429. The molecule has 0 bridgehead atoms. The van der Waals surface area contributed by atoms with Crippen LogP contribution in [0.25, 0.3) is 0 Å². The van der Waals surface area contributed by atoms with Gasteiger partial charge in [0.25, 0.3) is 10.1 Å². The minimum absolute atomic E-state index is 0. The third kappa shape index (κ3) is 8.94. The third-order valence-electron chi connectivity index (χ3n) is 4.41. The summed E-state index contributed by atoms with van der Waals surface area (Å²) in [6.45, 7) is 2.18. The molecule has 2 aromatic carbocycles. The van der Waals surface area contributed by atoms with Crippen molar-refractivity contribution in [3.05, 3.63) is 48.0 Å². The molecule has 7 heteroatoms. The summed E-state index contributed by atoms with van der Waals surface area (Å²) < 4.78 is 38.7. The molecule has 0 amide bonds. The van der Waals surface area contributed by atoms with Crippen molar-refractivity contribution in [3.63, 3.8) is 0 Å². The number of rotatable bonds is 11. The summed E-state index contributed by atoms with van der Waals surface area (Å²) >= 11 is 0. The molecular formula is C21H27KO5S. The summed E-state index contributed by atoms with van der Waals surface area (Å²) in [5.74, 6) is 0.387. The van der Waals surface area contributed by atoms with Gasteiger partial charge in [0.2, 0.25) is 0 Å². The Labute approximate surface area is 210 Å². The molecule has 2 rings (SSSR count). The van der Waals surface area contributed by atoms with E-state index in [0.29, 0.717) is 17.7 Å². The first-order valence-corrected chi connectivity index (χ1v) is 10.9. The summed E-state index contributed by atoms with van der Waals surface area (Å²) in [5, 5.41) is 11.4. The van der Waals surface area contributed by atoms with Crippen molar-refractivity contribution in [1.82, 2.24) is 0 Å². The fourth-order valence-electron chi connectivity index (χ4n) is 2.99. The second kappa shape index (κ2) is 13.0. The summed E-state index contributed by atoms with van der Waals surface area (Å²) in [5.41, 5.74) is 0.580. The number of aryl methyl sites for hydroxylation is 1. The molecule has 0 fully saturated rings. The summed E-state index contributed by atoms with van der Waals surface area (Å²) in [6, 6.07) is 10.5. The van der Waals surface area contributed by atoms with E-state index in [1.165, 1.54) is 43.9 Å². The van der Waals surface area contributed by atoms with Gasteiger partial charge in [-0.1, -0.05) is 63.6 Å². The fourth-order valence-corrected chi connectivity index (χ4v) is 3.76. The molecule has 0 spiro atoms. The van der Waals surface area contributed by atoms with Crippen LogP contribution in [0.2, 0.25) is 0 Å². The Hall–Kier alpha value is -0.414. The van der Waals surface area contributed by atoms with Gasteiger partial charge >= 0.3 is 51.4 Å². The zero-order valence-electron chi connectivity index (χ0n) is 16.7. The molecule has 0 atom stereocenters. The Balaban J connectivity index is 0.00000392. The molecule has 0 saturated carbocycles. The van der Waals surface area contributed by atoms with Crippen molar-refractivity contribution < 1.29 is 74.2 Å². The van der Waals surface area contributed by atoms with Crippen LogP contribution in [0, 0.1) is 0 Å². The van der Waals surface area contributed by atoms with Gasteiger partial charge in [-0.2, -0.15) is 8.42 Å². The predicted molar refractivity (Wildman–Crippen MR) is 104 cm³/mol. The molecule has 0 saturated heterocycles. The van der Waals surface area contributed by atoms with Crippen LogP contribution in [0.15, 0.2) is 47.4 Å². The van der Waals surface area contributed by atoms with E-state index >= 15 is 0 Å². The van der Waals surface area contributed by atoms with Crippen LogP contribution in [-0.4, -0.2) is 13.0 Å². The normalized spacial score (nSPS) is 11.1. The van der Waals surface area contributed by atoms with E-state index in [2.05, 4.69) is 6.92 Å². The number of benzene rings is 2. The van der Waals surface area contributed by atoms with Crippen LogP contribution in [0.5, 0.6) is 17.2 Å². The van der Waals surface area contributed by atoms with Crippen LogP contribution in [-0.2, 0) is 16.5 Å². The van der Waals surface area contributed by atoms with Gasteiger partial charge in [0.1, 0.15) is 16.4 Å². The second-order valence-electron chi connectivity index (χ2n) is 6.69. The Bertz CT molecular complexity index is 836. The smallest absolute Gasteiger partial charge is 0.872 e. The predicted octanol–water partition coefficient (Wildman–Crippen LogP) is 2.10. The topological polar surface area (TPSA) is 86.7 Å². The van der Waals surface area contributed by atoms with Gasteiger partial charge < -0.3 is 9.84 Å². The molecule has 0 heterocycles. The van der Waals surface area contributed by atoms with Gasteiger partial charge in [-0.3, -0.25) is 4.55 Å². The molecule has 148 valence electrons. The van der Waals surface area contributed by atoms with E-state index in [0.717, 1.165) is 19.3 Å². The number of hydrogen-bond acceptors (Lipinski definition) is 4. The average Bonchev–Trinajstić information content (AvgIpc) is 2.61. The van der Waals surface area contributed by atoms with Crippen molar-refractivity contribution >= 4 is 10.1 Å². The molecule has 0 aliphatic rings. The first kappa shape index (κ1) is 25.6. The Kier molecular flexibility index (Phi) is 11.9. The van der Waals surface area contributed by atoms with Gasteiger partial charge in [-0.25, -0.2) is 0 Å². The third-order valence-corrected chi connectivity index (χ3v) is 5.34. The van der Waals surface area contributed by atoms with Crippen molar-refractivity contribution in [1.29, 1.82) is 0 Å². The van der Waals surface area contributed by atoms with E-state index in [1.54, 1.807) is 24.3 Å². The quantitative estimate of drug-likeness (QED) is 0.335. The minimum atomic E-state index is -4.35. The number of hydrogen-bond donors (Lipinski definition) is 1. The summed E-state index contributed by atoms with van der Waals surface area (Å²) in [7, 11) is -4.35. The van der Waals surface area contributed by atoms with Gasteiger partial charge in [-0.15, -0.1) is 5.75 Å². The van der Waals surface area contributed by atoms with Crippen molar-refractivity contribution in [2.45, 2.75) is 63.2 Å². The molecule has 0 radical (unpaired) electrons. The molecule has 0 aliphatic carbocycles. The molecule has 0 aliphatic heterocycles. The first-order chi connectivity index (χ1) is 12.9. The Morgan fingerprint density at radius 2 is 1.57 bits per heavy atom. The molecule has 0 unspecified atom stereocenters. The number of unbranched alkanes of at least 4 members (excludes halogenated alkanes) is 6. The van der Waals surface area contributed by atoms with Crippen LogP contribution in [0.1, 0.15) is 57.4 Å². The van der Waals surface area contributed by atoms with Gasteiger partial charge in [0, 0.05) is 6.07 Å². The van der Waals surface area contributed by atoms with E-state index < -0.39 is 10.1 Å². The van der Waals surface area contributed by atoms with E-state index in [4.69, 9.17) is 4.74 Å². The zero-order chi connectivity index (χ0) is 19.7. The van der Waals surface area contributed by atoms with Gasteiger partial charge in [-0.05, 0) is 36.6 Å². The van der Waals surface area contributed by atoms with E-state index in [1.807, 2.05) is 0 Å². The molecule has 1 N–H and O–H groups in total. The van der Waals surface area contributed by atoms with Crippen molar-refractivity contribution in [2.24, 2.45) is 0 Å². The Morgan fingerprint density at radius 3 is 2.21 bits per heavy atom.